The molecule has 0 amide bonds. The van der Waals surface area contributed by atoms with Gasteiger partial charge in [-0.25, -0.2) is 9.97 Å². The van der Waals surface area contributed by atoms with E-state index in [9.17, 15) is 18.0 Å². The summed E-state index contributed by atoms with van der Waals surface area (Å²) in [4.78, 5) is 20.1. The average Bonchev–Trinajstić information content (AvgIpc) is 2.46. The number of aromatic nitrogens is 2. The Bertz CT molecular complexity index is 649. The number of hydrogen-bond donors (Lipinski definition) is 0. The van der Waals surface area contributed by atoms with Crippen LogP contribution >= 0.6 is 0 Å². The van der Waals surface area contributed by atoms with Crippen LogP contribution in [0, 0.1) is 5.41 Å². The highest BCUT2D eigenvalue weighted by molar-refractivity contribution is 5.99. The van der Waals surface area contributed by atoms with E-state index in [-0.39, 0.29) is 5.78 Å². The van der Waals surface area contributed by atoms with E-state index in [1.807, 2.05) is 0 Å². The van der Waals surface area contributed by atoms with E-state index in [1.165, 1.54) is 30.9 Å². The number of Topliss-reactive ketones (excluding diaryl/α,β-unsaturated/α-hetero) is 1. The summed E-state index contributed by atoms with van der Waals surface area (Å²) in [6, 6.07) is 4.86. The first-order chi connectivity index (χ1) is 10.2. The van der Waals surface area contributed by atoms with Crippen molar-refractivity contribution in [3.63, 3.8) is 0 Å². The van der Waals surface area contributed by atoms with Gasteiger partial charge in [-0.3, -0.25) is 4.79 Å². The molecule has 2 aromatic rings. The molecule has 1 aromatic carbocycles. The molecule has 0 atom stereocenters. The maximum absolute atomic E-state index is 12.5. The first-order valence-electron chi connectivity index (χ1n) is 6.66. The standard InChI is InChI=1S/C16H15F3N2O/c1-15(2,14(22)12-8-20-10-21-9-12)7-11-3-5-13(6-4-11)16(17,18)19/h3-6,8-10H,7H2,1-2H3. The maximum Gasteiger partial charge on any atom is 0.416 e. The van der Waals surface area contributed by atoms with Crippen LogP contribution in [0.1, 0.15) is 35.3 Å². The second kappa shape index (κ2) is 5.87. The Labute approximate surface area is 126 Å². The fraction of sp³-hybridized carbons (Fsp3) is 0.312. The third-order valence-electron chi connectivity index (χ3n) is 3.36. The van der Waals surface area contributed by atoms with Crippen molar-refractivity contribution < 1.29 is 18.0 Å². The van der Waals surface area contributed by atoms with Gasteiger partial charge in [0, 0.05) is 17.8 Å². The molecule has 0 unspecified atom stereocenters. The highest BCUT2D eigenvalue weighted by Gasteiger charge is 2.32. The molecule has 22 heavy (non-hydrogen) atoms. The van der Waals surface area contributed by atoms with Gasteiger partial charge in [0.05, 0.1) is 11.1 Å². The molecule has 0 fully saturated rings. The summed E-state index contributed by atoms with van der Waals surface area (Å²) in [6.07, 6.45) is 0.178. The van der Waals surface area contributed by atoms with Gasteiger partial charge in [0.15, 0.2) is 5.78 Å². The molecule has 0 aliphatic heterocycles. The number of halogens is 3. The van der Waals surface area contributed by atoms with Gasteiger partial charge in [0.1, 0.15) is 6.33 Å². The quantitative estimate of drug-likeness (QED) is 0.803. The molecule has 0 saturated heterocycles. The van der Waals surface area contributed by atoms with Crippen LogP contribution in [0.15, 0.2) is 43.0 Å². The summed E-state index contributed by atoms with van der Waals surface area (Å²) in [5.41, 5.74) is -0.399. The minimum atomic E-state index is -4.36. The Balaban J connectivity index is 2.17. The molecule has 1 aromatic heterocycles. The molecular weight excluding hydrogens is 293 g/mol. The minimum Gasteiger partial charge on any atom is -0.293 e. The van der Waals surface area contributed by atoms with Crippen molar-refractivity contribution in [3.05, 3.63) is 59.7 Å². The number of hydrogen-bond acceptors (Lipinski definition) is 3. The lowest BCUT2D eigenvalue weighted by Crippen LogP contribution is -2.27. The van der Waals surface area contributed by atoms with Gasteiger partial charge in [0.2, 0.25) is 0 Å². The lowest BCUT2D eigenvalue weighted by molar-refractivity contribution is -0.137. The molecule has 0 aliphatic rings. The number of ketones is 1. The van der Waals surface area contributed by atoms with Crippen molar-refractivity contribution in [1.29, 1.82) is 0 Å². The van der Waals surface area contributed by atoms with Crippen LogP contribution in [0.2, 0.25) is 0 Å². The molecule has 0 aliphatic carbocycles. The van der Waals surface area contributed by atoms with E-state index < -0.39 is 17.2 Å². The van der Waals surface area contributed by atoms with E-state index >= 15 is 0 Å². The smallest absolute Gasteiger partial charge is 0.293 e. The van der Waals surface area contributed by atoms with Gasteiger partial charge >= 0.3 is 6.18 Å². The fourth-order valence-corrected chi connectivity index (χ4v) is 2.21. The summed E-state index contributed by atoms with van der Waals surface area (Å²) in [5, 5.41) is 0. The van der Waals surface area contributed by atoms with Crippen molar-refractivity contribution >= 4 is 5.78 Å². The predicted molar refractivity (Wildman–Crippen MR) is 75.3 cm³/mol. The van der Waals surface area contributed by atoms with Crippen LogP contribution in [0.3, 0.4) is 0 Å². The number of nitrogens with zero attached hydrogens (tertiary/aromatic N) is 2. The van der Waals surface area contributed by atoms with Gasteiger partial charge in [-0.1, -0.05) is 26.0 Å². The zero-order valence-electron chi connectivity index (χ0n) is 12.2. The van der Waals surface area contributed by atoms with E-state index in [1.54, 1.807) is 13.8 Å². The molecule has 0 radical (unpaired) electrons. The molecular formula is C16H15F3N2O. The number of carbonyl (C=O) groups is 1. The molecule has 0 spiro atoms. The van der Waals surface area contributed by atoms with Gasteiger partial charge in [-0.05, 0) is 24.1 Å². The van der Waals surface area contributed by atoms with Crippen molar-refractivity contribution in [2.24, 2.45) is 5.41 Å². The first-order valence-corrected chi connectivity index (χ1v) is 6.66. The van der Waals surface area contributed by atoms with Gasteiger partial charge in [0.25, 0.3) is 0 Å². The number of rotatable bonds is 4. The molecule has 0 saturated carbocycles. The fourth-order valence-electron chi connectivity index (χ4n) is 2.21. The Kier molecular flexibility index (Phi) is 4.30. The highest BCUT2D eigenvalue weighted by atomic mass is 19.4. The van der Waals surface area contributed by atoms with Crippen molar-refractivity contribution in [1.82, 2.24) is 9.97 Å². The molecule has 0 N–H and O–H groups in total. The summed E-state index contributed by atoms with van der Waals surface area (Å²) in [5.74, 6) is -0.145. The first kappa shape index (κ1) is 16.1. The van der Waals surface area contributed by atoms with Crippen LogP contribution < -0.4 is 0 Å². The van der Waals surface area contributed by atoms with Crippen LogP contribution in [-0.4, -0.2) is 15.8 Å². The SMILES string of the molecule is CC(C)(Cc1ccc(C(F)(F)F)cc1)C(=O)c1cncnc1. The minimum absolute atomic E-state index is 0.145. The van der Waals surface area contributed by atoms with Gasteiger partial charge in [-0.2, -0.15) is 13.2 Å². The summed E-state index contributed by atoms with van der Waals surface area (Å²) in [6.45, 7) is 3.50. The largest absolute Gasteiger partial charge is 0.416 e. The molecule has 0 bridgehead atoms. The average molecular weight is 308 g/mol. The monoisotopic (exact) mass is 308 g/mol. The highest BCUT2D eigenvalue weighted by Crippen LogP contribution is 2.31. The second-order valence-electron chi connectivity index (χ2n) is 5.71. The van der Waals surface area contributed by atoms with Gasteiger partial charge in [-0.15, -0.1) is 0 Å². The Morgan fingerprint density at radius 2 is 1.59 bits per heavy atom. The molecule has 6 heteroatoms. The molecule has 116 valence electrons. The van der Waals surface area contributed by atoms with Crippen LogP contribution in [0.25, 0.3) is 0 Å². The number of carbonyl (C=O) groups excluding carboxylic acids is 1. The van der Waals surface area contributed by atoms with Crippen LogP contribution in [0.5, 0.6) is 0 Å². The molecule has 3 nitrogen and oxygen atoms in total. The lowest BCUT2D eigenvalue weighted by Gasteiger charge is -2.23. The molecule has 2 rings (SSSR count). The summed E-state index contributed by atoms with van der Waals surface area (Å²) < 4.78 is 37.6. The van der Waals surface area contributed by atoms with Crippen LogP contribution in [0.4, 0.5) is 13.2 Å². The van der Waals surface area contributed by atoms with Gasteiger partial charge < -0.3 is 0 Å². The Morgan fingerprint density at radius 3 is 2.09 bits per heavy atom. The van der Waals surface area contributed by atoms with E-state index in [2.05, 4.69) is 9.97 Å². The number of benzene rings is 1. The van der Waals surface area contributed by atoms with E-state index in [4.69, 9.17) is 0 Å². The molecule has 1 heterocycles. The Morgan fingerprint density at radius 1 is 1.05 bits per heavy atom. The second-order valence-corrected chi connectivity index (χ2v) is 5.71. The lowest BCUT2D eigenvalue weighted by atomic mass is 9.79. The van der Waals surface area contributed by atoms with Crippen molar-refractivity contribution in [3.8, 4) is 0 Å². The zero-order valence-corrected chi connectivity index (χ0v) is 12.2. The normalized spacial score (nSPS) is 12.2. The summed E-state index contributed by atoms with van der Waals surface area (Å²) in [7, 11) is 0. The third kappa shape index (κ3) is 3.69. The predicted octanol–water partition coefficient (Wildman–Crippen LogP) is 3.95. The van der Waals surface area contributed by atoms with E-state index in [0.29, 0.717) is 17.5 Å². The third-order valence-corrected chi connectivity index (χ3v) is 3.36. The van der Waals surface area contributed by atoms with Crippen molar-refractivity contribution in [2.75, 3.05) is 0 Å². The Hall–Kier alpha value is -2.24. The topological polar surface area (TPSA) is 42.9 Å². The van der Waals surface area contributed by atoms with E-state index in [0.717, 1.165) is 12.1 Å². The maximum atomic E-state index is 12.5. The number of alkyl halides is 3. The zero-order chi connectivity index (χ0) is 16.4. The van der Waals surface area contributed by atoms with Crippen molar-refractivity contribution in [2.45, 2.75) is 26.4 Å². The summed E-state index contributed by atoms with van der Waals surface area (Å²) >= 11 is 0. The van der Waals surface area contributed by atoms with Crippen LogP contribution in [-0.2, 0) is 12.6 Å².